The lowest BCUT2D eigenvalue weighted by atomic mass is 10.0. The highest BCUT2D eigenvalue weighted by atomic mass is 16.5. The van der Waals surface area contributed by atoms with Crippen LogP contribution < -0.4 is 10.1 Å². The van der Waals surface area contributed by atoms with Crippen LogP contribution in [0, 0.1) is 6.92 Å². The number of amides is 1. The van der Waals surface area contributed by atoms with Gasteiger partial charge < -0.3 is 10.1 Å². The Bertz CT molecular complexity index is 989. The maximum Gasteiger partial charge on any atom is 0.251 e. The van der Waals surface area contributed by atoms with E-state index in [1.165, 1.54) is 24.8 Å². The molecule has 2 aromatic carbocycles. The molecule has 1 unspecified atom stereocenters. The molecule has 0 aliphatic carbocycles. The predicted molar refractivity (Wildman–Crippen MR) is 122 cm³/mol. The van der Waals surface area contributed by atoms with E-state index in [2.05, 4.69) is 27.4 Å². The standard InChI is InChI=1S/C25H30N4O2/c1-19-14-15-27-29(19)22-10-6-21(7-11-22)25(30)26-18-24(28-16-4-3-5-17-28)20-8-12-23(31-2)13-9-20/h6-15,24H,3-5,16-18H2,1-2H3,(H,26,30). The summed E-state index contributed by atoms with van der Waals surface area (Å²) < 4.78 is 7.16. The molecule has 0 saturated carbocycles. The van der Waals surface area contributed by atoms with Gasteiger partial charge in [-0.25, -0.2) is 4.68 Å². The molecule has 2 heterocycles. The number of ether oxygens (including phenoxy) is 1. The van der Waals surface area contributed by atoms with Crippen molar-refractivity contribution in [2.24, 2.45) is 0 Å². The van der Waals surface area contributed by atoms with Crippen LogP contribution in [-0.4, -0.2) is 47.3 Å². The number of hydrogen-bond acceptors (Lipinski definition) is 4. The molecule has 1 N–H and O–H groups in total. The van der Waals surface area contributed by atoms with Gasteiger partial charge in [-0.15, -0.1) is 0 Å². The Morgan fingerprint density at radius 2 is 1.74 bits per heavy atom. The van der Waals surface area contributed by atoms with Crippen molar-refractivity contribution in [1.29, 1.82) is 0 Å². The molecule has 1 aliphatic heterocycles. The molecule has 3 aromatic rings. The van der Waals surface area contributed by atoms with E-state index in [-0.39, 0.29) is 11.9 Å². The number of rotatable bonds is 7. The molecule has 1 amide bonds. The summed E-state index contributed by atoms with van der Waals surface area (Å²) in [5.74, 6) is 0.789. The van der Waals surface area contributed by atoms with Gasteiger partial charge in [0.1, 0.15) is 5.75 Å². The molecule has 0 spiro atoms. The van der Waals surface area contributed by atoms with E-state index in [1.807, 2.05) is 54.1 Å². The van der Waals surface area contributed by atoms with Crippen molar-refractivity contribution >= 4 is 5.91 Å². The zero-order chi connectivity index (χ0) is 21.6. The molecular formula is C25H30N4O2. The summed E-state index contributed by atoms with van der Waals surface area (Å²) in [6.45, 7) is 4.70. The van der Waals surface area contributed by atoms with Gasteiger partial charge in [-0.05, 0) is 80.9 Å². The van der Waals surface area contributed by atoms with Gasteiger partial charge in [-0.3, -0.25) is 9.69 Å². The van der Waals surface area contributed by atoms with Gasteiger partial charge in [-0.1, -0.05) is 18.6 Å². The summed E-state index contributed by atoms with van der Waals surface area (Å²) >= 11 is 0. The van der Waals surface area contributed by atoms with Crippen LogP contribution in [0.15, 0.2) is 60.8 Å². The number of benzene rings is 2. The molecule has 0 bridgehead atoms. The molecule has 6 nitrogen and oxygen atoms in total. The minimum atomic E-state index is -0.0562. The van der Waals surface area contributed by atoms with Crippen molar-refractivity contribution in [1.82, 2.24) is 20.0 Å². The minimum Gasteiger partial charge on any atom is -0.497 e. The fourth-order valence-corrected chi connectivity index (χ4v) is 4.20. The van der Waals surface area contributed by atoms with Crippen molar-refractivity contribution in [2.75, 3.05) is 26.7 Å². The topological polar surface area (TPSA) is 59.4 Å². The van der Waals surface area contributed by atoms with E-state index >= 15 is 0 Å². The zero-order valence-corrected chi connectivity index (χ0v) is 18.3. The second kappa shape index (κ2) is 9.79. The molecule has 1 aliphatic rings. The molecule has 0 radical (unpaired) electrons. The smallest absolute Gasteiger partial charge is 0.251 e. The molecular weight excluding hydrogens is 388 g/mol. The third-order valence-corrected chi connectivity index (χ3v) is 5.99. The normalized spacial score (nSPS) is 15.4. The predicted octanol–water partition coefficient (Wildman–Crippen LogP) is 4.15. The van der Waals surface area contributed by atoms with Crippen LogP contribution in [0.1, 0.15) is 46.9 Å². The Morgan fingerprint density at radius 1 is 1.03 bits per heavy atom. The summed E-state index contributed by atoms with van der Waals surface area (Å²) in [6.07, 6.45) is 5.46. The summed E-state index contributed by atoms with van der Waals surface area (Å²) in [7, 11) is 1.68. The first kappa shape index (κ1) is 21.1. The zero-order valence-electron chi connectivity index (χ0n) is 18.3. The summed E-state index contributed by atoms with van der Waals surface area (Å²) in [4.78, 5) is 15.3. The van der Waals surface area contributed by atoms with Crippen LogP contribution in [0.4, 0.5) is 0 Å². The van der Waals surface area contributed by atoms with Crippen LogP contribution in [0.3, 0.4) is 0 Å². The SMILES string of the molecule is COc1ccc(C(CNC(=O)c2ccc(-n3nccc3C)cc2)N2CCCCC2)cc1. The Morgan fingerprint density at radius 3 is 2.35 bits per heavy atom. The number of aromatic nitrogens is 2. The number of nitrogens with one attached hydrogen (secondary N) is 1. The van der Waals surface area contributed by atoms with E-state index in [0.29, 0.717) is 12.1 Å². The highest BCUT2D eigenvalue weighted by Gasteiger charge is 2.23. The number of hydrogen-bond donors (Lipinski definition) is 1. The van der Waals surface area contributed by atoms with E-state index in [9.17, 15) is 4.79 Å². The first-order valence-corrected chi connectivity index (χ1v) is 10.9. The van der Waals surface area contributed by atoms with Crippen LogP contribution in [-0.2, 0) is 0 Å². The van der Waals surface area contributed by atoms with E-state index in [1.54, 1.807) is 13.3 Å². The van der Waals surface area contributed by atoms with Gasteiger partial charge in [0, 0.05) is 24.0 Å². The third kappa shape index (κ3) is 4.97. The molecule has 6 heteroatoms. The van der Waals surface area contributed by atoms with Gasteiger partial charge in [0.25, 0.3) is 5.91 Å². The lowest BCUT2D eigenvalue weighted by molar-refractivity contribution is 0.0924. The van der Waals surface area contributed by atoms with Gasteiger partial charge in [-0.2, -0.15) is 5.10 Å². The number of methoxy groups -OCH3 is 1. The third-order valence-electron chi connectivity index (χ3n) is 5.99. The average molecular weight is 419 g/mol. The fourth-order valence-electron chi connectivity index (χ4n) is 4.20. The molecule has 1 aromatic heterocycles. The lowest BCUT2D eigenvalue weighted by Gasteiger charge is -2.35. The fraction of sp³-hybridized carbons (Fsp3) is 0.360. The molecule has 1 fully saturated rings. The molecule has 4 rings (SSSR count). The van der Waals surface area contributed by atoms with E-state index < -0.39 is 0 Å². The van der Waals surface area contributed by atoms with Gasteiger partial charge >= 0.3 is 0 Å². The quantitative estimate of drug-likeness (QED) is 0.626. The van der Waals surface area contributed by atoms with Crippen LogP contribution in [0.2, 0.25) is 0 Å². The Kier molecular flexibility index (Phi) is 6.67. The van der Waals surface area contributed by atoms with Crippen LogP contribution >= 0.6 is 0 Å². The van der Waals surface area contributed by atoms with E-state index in [0.717, 1.165) is 30.2 Å². The molecule has 162 valence electrons. The summed E-state index contributed by atoms with van der Waals surface area (Å²) in [5.41, 5.74) is 3.86. The Balaban J connectivity index is 1.45. The number of likely N-dealkylation sites (tertiary alicyclic amines) is 1. The second-order valence-corrected chi connectivity index (χ2v) is 8.03. The van der Waals surface area contributed by atoms with Crippen LogP contribution in [0.25, 0.3) is 5.69 Å². The number of carbonyl (C=O) groups is 1. The van der Waals surface area contributed by atoms with Crippen molar-refractivity contribution in [3.05, 3.63) is 77.6 Å². The minimum absolute atomic E-state index is 0.0562. The maximum atomic E-state index is 12.9. The first-order valence-electron chi connectivity index (χ1n) is 10.9. The Labute approximate surface area is 183 Å². The lowest BCUT2D eigenvalue weighted by Crippen LogP contribution is -2.40. The van der Waals surface area contributed by atoms with Crippen molar-refractivity contribution in [3.8, 4) is 11.4 Å². The molecule has 1 saturated heterocycles. The molecule has 31 heavy (non-hydrogen) atoms. The largest absolute Gasteiger partial charge is 0.497 e. The van der Waals surface area contributed by atoms with Crippen molar-refractivity contribution in [2.45, 2.75) is 32.2 Å². The van der Waals surface area contributed by atoms with Crippen molar-refractivity contribution < 1.29 is 9.53 Å². The number of piperidine rings is 1. The van der Waals surface area contributed by atoms with E-state index in [4.69, 9.17) is 4.74 Å². The number of nitrogens with zero attached hydrogens (tertiary/aromatic N) is 3. The summed E-state index contributed by atoms with van der Waals surface area (Å²) in [5, 5.41) is 7.47. The molecule has 1 atom stereocenters. The van der Waals surface area contributed by atoms with Crippen molar-refractivity contribution in [3.63, 3.8) is 0 Å². The Hall–Kier alpha value is -3.12. The van der Waals surface area contributed by atoms with Gasteiger partial charge in [0.05, 0.1) is 18.8 Å². The van der Waals surface area contributed by atoms with Gasteiger partial charge in [0.15, 0.2) is 0 Å². The van der Waals surface area contributed by atoms with Crippen LogP contribution in [0.5, 0.6) is 5.75 Å². The highest BCUT2D eigenvalue weighted by Crippen LogP contribution is 2.26. The first-order chi connectivity index (χ1) is 15.2. The average Bonchev–Trinajstić information content (AvgIpc) is 3.26. The number of aryl methyl sites for hydroxylation is 1. The van der Waals surface area contributed by atoms with Gasteiger partial charge in [0.2, 0.25) is 0 Å². The monoisotopic (exact) mass is 418 g/mol. The maximum absolute atomic E-state index is 12.9. The summed E-state index contributed by atoms with van der Waals surface area (Å²) in [6, 6.07) is 17.9. The second-order valence-electron chi connectivity index (χ2n) is 8.03. The number of carbonyl (C=O) groups excluding carboxylic acids is 1. The highest BCUT2D eigenvalue weighted by molar-refractivity contribution is 5.94.